The minimum atomic E-state index is -1.26. The fraction of sp³-hybridized carbons (Fsp3) is 0.0714. The molecule has 7 heteroatoms. The zero-order valence-corrected chi connectivity index (χ0v) is 11.6. The Labute approximate surface area is 122 Å². The number of hydrogen-bond donors (Lipinski definition) is 3. The molecule has 2 rings (SSSR count). The maximum absolute atomic E-state index is 12.0. The van der Waals surface area contributed by atoms with Crippen molar-refractivity contribution < 1.29 is 15.0 Å². The van der Waals surface area contributed by atoms with Crippen molar-refractivity contribution >= 4 is 34.5 Å². The van der Waals surface area contributed by atoms with Crippen molar-refractivity contribution in [2.45, 2.75) is 6.92 Å². The van der Waals surface area contributed by atoms with Gasteiger partial charge in [0.15, 0.2) is 0 Å². The third-order valence-electron chi connectivity index (χ3n) is 2.89. The molecule has 2 aromatic rings. The Bertz CT molecular complexity index is 898. The van der Waals surface area contributed by atoms with Gasteiger partial charge in [-0.05, 0) is 31.2 Å². The topological polar surface area (TPSA) is 107 Å². The van der Waals surface area contributed by atoms with Gasteiger partial charge in [0.25, 0.3) is 11.0 Å². The molecule has 0 bridgehead atoms. The van der Waals surface area contributed by atoms with Gasteiger partial charge in [0.05, 0.1) is 11.1 Å². The predicted octanol–water partition coefficient (Wildman–Crippen LogP) is 1.74. The lowest BCUT2D eigenvalue weighted by atomic mass is 10.1. The number of halogens is 1. The molecule has 0 amide bonds. The molecule has 0 saturated carbocycles. The minimum absolute atomic E-state index is 0.176. The van der Waals surface area contributed by atoms with Gasteiger partial charge in [0.2, 0.25) is 0 Å². The van der Waals surface area contributed by atoms with Crippen molar-refractivity contribution in [2.75, 3.05) is 0 Å². The Morgan fingerprint density at radius 3 is 2.62 bits per heavy atom. The molecule has 0 aliphatic rings. The van der Waals surface area contributed by atoms with Gasteiger partial charge in [-0.2, -0.15) is 0 Å². The van der Waals surface area contributed by atoms with Crippen LogP contribution in [0.15, 0.2) is 33.4 Å². The Balaban J connectivity index is 3.00. The van der Waals surface area contributed by atoms with Crippen LogP contribution in [0.4, 0.5) is 0 Å². The molecule has 0 radical (unpaired) electrons. The van der Waals surface area contributed by atoms with E-state index in [1.165, 1.54) is 25.1 Å². The largest absolute Gasteiger partial charge is 0.506 e. The number of aromatic hydroxyl groups is 1. The van der Waals surface area contributed by atoms with Crippen molar-refractivity contribution in [1.82, 2.24) is 4.98 Å². The molecule has 1 heterocycles. The smallest absolute Gasteiger partial charge is 0.331 e. The number of aliphatic carboxylic acids is 1. The summed E-state index contributed by atoms with van der Waals surface area (Å²) in [5.41, 5.74) is -2.40. The van der Waals surface area contributed by atoms with Gasteiger partial charge in [-0.15, -0.1) is 0 Å². The first-order valence-corrected chi connectivity index (χ1v) is 6.19. The summed E-state index contributed by atoms with van der Waals surface area (Å²) in [5, 5.41) is 19.5. The van der Waals surface area contributed by atoms with Crippen molar-refractivity contribution in [3.05, 3.63) is 54.9 Å². The fourth-order valence-corrected chi connectivity index (χ4v) is 1.96. The van der Waals surface area contributed by atoms with E-state index in [2.05, 4.69) is 4.98 Å². The molecule has 0 fully saturated rings. The number of H-pyrrole nitrogens is 1. The summed E-state index contributed by atoms with van der Waals surface area (Å²) in [6.07, 6.45) is 0.962. The van der Waals surface area contributed by atoms with Gasteiger partial charge in [-0.25, -0.2) is 4.79 Å². The number of carbonyl (C=O) groups is 1. The predicted molar refractivity (Wildman–Crippen MR) is 78.8 cm³/mol. The van der Waals surface area contributed by atoms with Gasteiger partial charge in [0.1, 0.15) is 5.75 Å². The maximum Gasteiger partial charge on any atom is 0.331 e. The average molecular weight is 308 g/mol. The summed E-state index contributed by atoms with van der Waals surface area (Å²) in [4.78, 5) is 36.9. The minimum Gasteiger partial charge on any atom is -0.506 e. The highest BCUT2D eigenvalue weighted by Crippen LogP contribution is 2.26. The summed E-state index contributed by atoms with van der Waals surface area (Å²) >= 11 is 5.80. The molecule has 108 valence electrons. The summed E-state index contributed by atoms with van der Waals surface area (Å²) in [7, 11) is 0. The van der Waals surface area contributed by atoms with E-state index in [1.807, 2.05) is 0 Å². The molecule has 1 aromatic carbocycles. The van der Waals surface area contributed by atoms with Crippen LogP contribution in [-0.4, -0.2) is 21.2 Å². The SMILES string of the molecule is CC(=Cc1c(O)c2ccc(Cl)cc2[nH]c(=O)c1=O)C(=O)O. The molecule has 0 aliphatic heterocycles. The van der Waals surface area contributed by atoms with E-state index in [4.69, 9.17) is 16.7 Å². The second kappa shape index (κ2) is 5.41. The standard InChI is InChI=1S/C14H10ClNO5/c1-6(14(20)21)4-9-11(17)8-3-2-7(15)5-10(8)16-13(19)12(9)18/h2-5,17H,1H3,(H,20,21)(H,16,18,19). The molecule has 0 aliphatic carbocycles. The molecule has 0 unspecified atom stereocenters. The third kappa shape index (κ3) is 2.80. The lowest BCUT2D eigenvalue weighted by molar-refractivity contribution is -0.132. The second-order valence-corrected chi connectivity index (χ2v) is 4.80. The van der Waals surface area contributed by atoms with Gasteiger partial charge >= 0.3 is 5.97 Å². The summed E-state index contributed by atoms with van der Waals surface area (Å²) < 4.78 is 0. The molecule has 3 N–H and O–H groups in total. The second-order valence-electron chi connectivity index (χ2n) is 4.37. The molecule has 6 nitrogen and oxygen atoms in total. The van der Waals surface area contributed by atoms with Crippen LogP contribution in [0.25, 0.3) is 17.0 Å². The molecule has 21 heavy (non-hydrogen) atoms. The van der Waals surface area contributed by atoms with Crippen molar-refractivity contribution in [1.29, 1.82) is 0 Å². The summed E-state index contributed by atoms with van der Waals surface area (Å²) in [5.74, 6) is -1.74. The fourth-order valence-electron chi connectivity index (χ4n) is 1.79. The molecule has 0 spiro atoms. The van der Waals surface area contributed by atoms with E-state index in [0.717, 1.165) is 6.08 Å². The number of fused-ring (bicyclic) bond motifs is 1. The van der Waals surface area contributed by atoms with E-state index in [9.17, 15) is 19.5 Å². The van der Waals surface area contributed by atoms with Crippen LogP contribution >= 0.6 is 11.6 Å². The number of carboxylic acids is 1. The van der Waals surface area contributed by atoms with Crippen LogP contribution < -0.4 is 11.0 Å². The van der Waals surface area contributed by atoms with E-state index in [1.54, 1.807) is 0 Å². The van der Waals surface area contributed by atoms with E-state index in [-0.39, 0.29) is 22.0 Å². The van der Waals surface area contributed by atoms with Crippen molar-refractivity contribution in [2.24, 2.45) is 0 Å². The first-order chi connectivity index (χ1) is 9.81. The average Bonchev–Trinajstić information content (AvgIpc) is 2.49. The van der Waals surface area contributed by atoms with Crippen LogP contribution in [0, 0.1) is 0 Å². The number of aromatic nitrogens is 1. The first kappa shape index (κ1) is 14.8. The van der Waals surface area contributed by atoms with Gasteiger partial charge in [-0.1, -0.05) is 11.6 Å². The van der Waals surface area contributed by atoms with E-state index in [0.29, 0.717) is 5.02 Å². The monoisotopic (exact) mass is 307 g/mol. The van der Waals surface area contributed by atoms with E-state index >= 15 is 0 Å². The number of carboxylic acid groups (broad SMARTS) is 1. The molecule has 0 saturated heterocycles. The molecular weight excluding hydrogens is 298 g/mol. The Morgan fingerprint density at radius 1 is 1.33 bits per heavy atom. The maximum atomic E-state index is 12.0. The van der Waals surface area contributed by atoms with Crippen LogP contribution in [-0.2, 0) is 4.79 Å². The number of hydrogen-bond acceptors (Lipinski definition) is 4. The first-order valence-electron chi connectivity index (χ1n) is 5.81. The van der Waals surface area contributed by atoms with Crippen molar-refractivity contribution in [3.63, 3.8) is 0 Å². The third-order valence-corrected chi connectivity index (χ3v) is 3.12. The van der Waals surface area contributed by atoms with Crippen LogP contribution in [0.3, 0.4) is 0 Å². The highest BCUT2D eigenvalue weighted by Gasteiger charge is 2.12. The van der Waals surface area contributed by atoms with Crippen molar-refractivity contribution in [3.8, 4) is 5.75 Å². The van der Waals surface area contributed by atoms with Gasteiger partial charge in [-0.3, -0.25) is 9.59 Å². The Hall–Kier alpha value is -2.60. The van der Waals surface area contributed by atoms with Crippen LogP contribution in [0.1, 0.15) is 12.5 Å². The lowest BCUT2D eigenvalue weighted by Crippen LogP contribution is -2.25. The highest BCUT2D eigenvalue weighted by atomic mass is 35.5. The highest BCUT2D eigenvalue weighted by molar-refractivity contribution is 6.31. The Morgan fingerprint density at radius 2 is 2.00 bits per heavy atom. The number of aromatic amines is 1. The molecular formula is C14H10ClNO5. The zero-order chi connectivity index (χ0) is 15.7. The van der Waals surface area contributed by atoms with Gasteiger partial charge < -0.3 is 15.2 Å². The number of rotatable bonds is 2. The zero-order valence-electron chi connectivity index (χ0n) is 10.8. The van der Waals surface area contributed by atoms with Crippen LogP contribution in [0.5, 0.6) is 5.75 Å². The van der Waals surface area contributed by atoms with Gasteiger partial charge in [0, 0.05) is 16.0 Å². The van der Waals surface area contributed by atoms with E-state index < -0.39 is 22.7 Å². The quantitative estimate of drug-likeness (QED) is 0.578. The summed E-state index contributed by atoms with van der Waals surface area (Å²) in [6, 6.07) is 4.29. The Kier molecular flexibility index (Phi) is 3.82. The normalized spacial score (nSPS) is 11.6. The molecule has 1 aromatic heterocycles. The number of benzene rings is 1. The lowest BCUT2D eigenvalue weighted by Gasteiger charge is -1.99. The number of nitrogens with one attached hydrogen (secondary N) is 1. The molecule has 0 atom stereocenters. The van der Waals surface area contributed by atoms with Crippen LogP contribution in [0.2, 0.25) is 5.02 Å². The summed E-state index contributed by atoms with van der Waals surface area (Å²) in [6.45, 7) is 1.25.